The third-order valence-corrected chi connectivity index (χ3v) is 4.17. The Bertz CT molecular complexity index is 552. The van der Waals surface area contributed by atoms with Gasteiger partial charge in [-0.3, -0.25) is 0 Å². The minimum Gasteiger partial charge on any atom is -0.489 e. The van der Waals surface area contributed by atoms with Gasteiger partial charge in [0.1, 0.15) is 12.4 Å². The maximum Gasteiger partial charge on any atom is 0.124 e. The summed E-state index contributed by atoms with van der Waals surface area (Å²) in [5.74, 6) is 0.949. The topological polar surface area (TPSA) is 21.3 Å². The van der Waals surface area contributed by atoms with E-state index < -0.39 is 0 Å². The summed E-state index contributed by atoms with van der Waals surface area (Å²) in [5.41, 5.74) is 2.37. The Labute approximate surface area is 129 Å². The van der Waals surface area contributed by atoms with E-state index in [2.05, 4.69) is 46.4 Å². The van der Waals surface area contributed by atoms with Crippen LogP contribution < -0.4 is 10.1 Å². The fourth-order valence-electron chi connectivity index (χ4n) is 2.25. The standard InChI is InChI=1S/C17H20BrNO/c1-3-16(19-2)14-9-5-7-11-17(14)20-12-13-8-4-6-10-15(13)18/h4-11,16,19H,3,12H2,1-2H3. The van der Waals surface area contributed by atoms with Crippen molar-refractivity contribution in [3.63, 3.8) is 0 Å². The van der Waals surface area contributed by atoms with Crippen LogP contribution in [0.2, 0.25) is 0 Å². The number of benzene rings is 2. The fourth-order valence-corrected chi connectivity index (χ4v) is 2.65. The average molecular weight is 334 g/mol. The smallest absolute Gasteiger partial charge is 0.124 e. The molecule has 0 saturated heterocycles. The lowest BCUT2D eigenvalue weighted by molar-refractivity contribution is 0.298. The minimum absolute atomic E-state index is 0.324. The summed E-state index contributed by atoms with van der Waals surface area (Å²) in [7, 11) is 1.98. The highest BCUT2D eigenvalue weighted by Gasteiger charge is 2.12. The lowest BCUT2D eigenvalue weighted by Crippen LogP contribution is -2.16. The lowest BCUT2D eigenvalue weighted by Gasteiger charge is -2.19. The van der Waals surface area contributed by atoms with Crippen LogP contribution in [-0.2, 0) is 6.61 Å². The van der Waals surface area contributed by atoms with Gasteiger partial charge in [0.05, 0.1) is 0 Å². The Hall–Kier alpha value is -1.32. The minimum atomic E-state index is 0.324. The molecule has 0 radical (unpaired) electrons. The third-order valence-electron chi connectivity index (χ3n) is 3.39. The largest absolute Gasteiger partial charge is 0.489 e. The molecule has 0 aromatic heterocycles. The predicted molar refractivity (Wildman–Crippen MR) is 87.0 cm³/mol. The van der Waals surface area contributed by atoms with Crippen molar-refractivity contribution in [3.8, 4) is 5.75 Å². The Morgan fingerprint density at radius 1 is 1.10 bits per heavy atom. The molecule has 2 nitrogen and oxygen atoms in total. The first-order valence-electron chi connectivity index (χ1n) is 6.88. The van der Waals surface area contributed by atoms with Gasteiger partial charge in [0.2, 0.25) is 0 Å². The number of para-hydroxylation sites is 1. The summed E-state index contributed by atoms with van der Waals surface area (Å²) in [5, 5.41) is 3.33. The van der Waals surface area contributed by atoms with Gasteiger partial charge in [-0.25, -0.2) is 0 Å². The van der Waals surface area contributed by atoms with Crippen LogP contribution >= 0.6 is 15.9 Å². The molecule has 106 valence electrons. The van der Waals surface area contributed by atoms with Gasteiger partial charge in [-0.15, -0.1) is 0 Å². The van der Waals surface area contributed by atoms with Gasteiger partial charge in [0.25, 0.3) is 0 Å². The lowest BCUT2D eigenvalue weighted by atomic mass is 10.0. The summed E-state index contributed by atoms with van der Waals surface area (Å²) >= 11 is 3.55. The highest BCUT2D eigenvalue weighted by molar-refractivity contribution is 9.10. The van der Waals surface area contributed by atoms with Crippen LogP contribution in [0.3, 0.4) is 0 Å². The molecular formula is C17H20BrNO. The summed E-state index contributed by atoms with van der Waals surface area (Å²) < 4.78 is 7.10. The molecule has 0 spiro atoms. The maximum atomic E-state index is 6.02. The molecule has 2 aromatic carbocycles. The molecule has 1 atom stereocenters. The Morgan fingerprint density at radius 3 is 2.50 bits per heavy atom. The van der Waals surface area contributed by atoms with Gasteiger partial charge in [0.15, 0.2) is 0 Å². The van der Waals surface area contributed by atoms with Crippen molar-refractivity contribution in [2.45, 2.75) is 26.0 Å². The van der Waals surface area contributed by atoms with Crippen molar-refractivity contribution in [3.05, 3.63) is 64.1 Å². The highest BCUT2D eigenvalue weighted by Crippen LogP contribution is 2.28. The number of hydrogen-bond donors (Lipinski definition) is 1. The van der Waals surface area contributed by atoms with Gasteiger partial charge < -0.3 is 10.1 Å². The fraction of sp³-hybridized carbons (Fsp3) is 0.294. The van der Waals surface area contributed by atoms with Crippen LogP contribution in [0.15, 0.2) is 53.0 Å². The van der Waals surface area contributed by atoms with Crippen LogP contribution in [-0.4, -0.2) is 7.05 Å². The quantitative estimate of drug-likeness (QED) is 0.827. The molecule has 0 bridgehead atoms. The van der Waals surface area contributed by atoms with E-state index in [0.29, 0.717) is 12.6 Å². The molecule has 0 aliphatic rings. The zero-order chi connectivity index (χ0) is 14.4. The molecule has 1 N–H and O–H groups in total. The van der Waals surface area contributed by atoms with E-state index in [9.17, 15) is 0 Å². The first-order valence-corrected chi connectivity index (χ1v) is 7.68. The summed E-state index contributed by atoms with van der Waals surface area (Å²) in [6.07, 6.45) is 1.03. The van der Waals surface area contributed by atoms with E-state index in [0.717, 1.165) is 22.2 Å². The SMILES string of the molecule is CCC(NC)c1ccccc1OCc1ccccc1Br. The van der Waals surface area contributed by atoms with Crippen LogP contribution in [0.4, 0.5) is 0 Å². The van der Waals surface area contributed by atoms with Gasteiger partial charge in [-0.05, 0) is 25.6 Å². The van der Waals surface area contributed by atoms with Crippen molar-refractivity contribution < 1.29 is 4.74 Å². The van der Waals surface area contributed by atoms with Crippen molar-refractivity contribution in [1.29, 1.82) is 0 Å². The van der Waals surface area contributed by atoms with Gasteiger partial charge >= 0.3 is 0 Å². The van der Waals surface area contributed by atoms with Crippen LogP contribution in [0.1, 0.15) is 30.5 Å². The van der Waals surface area contributed by atoms with Gasteiger partial charge in [-0.1, -0.05) is 59.3 Å². The Kier molecular flexibility index (Phi) is 5.62. The molecule has 0 aliphatic heterocycles. The second kappa shape index (κ2) is 7.46. The maximum absolute atomic E-state index is 6.02. The second-order valence-corrected chi connectivity index (χ2v) is 5.52. The number of halogens is 1. The van der Waals surface area contributed by atoms with Crippen molar-refractivity contribution in [1.82, 2.24) is 5.32 Å². The summed E-state index contributed by atoms with van der Waals surface area (Å²) in [4.78, 5) is 0. The zero-order valence-electron chi connectivity index (χ0n) is 11.9. The molecular weight excluding hydrogens is 314 g/mol. The molecule has 0 fully saturated rings. The Morgan fingerprint density at radius 2 is 1.80 bits per heavy atom. The van der Waals surface area contributed by atoms with E-state index in [-0.39, 0.29) is 0 Å². The van der Waals surface area contributed by atoms with E-state index >= 15 is 0 Å². The van der Waals surface area contributed by atoms with E-state index in [4.69, 9.17) is 4.74 Å². The monoisotopic (exact) mass is 333 g/mol. The van der Waals surface area contributed by atoms with Crippen molar-refractivity contribution >= 4 is 15.9 Å². The molecule has 1 unspecified atom stereocenters. The number of hydrogen-bond acceptors (Lipinski definition) is 2. The molecule has 3 heteroatoms. The van der Waals surface area contributed by atoms with Crippen LogP contribution in [0.5, 0.6) is 5.75 Å². The number of ether oxygens (including phenoxy) is 1. The molecule has 2 rings (SSSR count). The van der Waals surface area contributed by atoms with Crippen LogP contribution in [0.25, 0.3) is 0 Å². The molecule has 20 heavy (non-hydrogen) atoms. The zero-order valence-corrected chi connectivity index (χ0v) is 13.5. The highest BCUT2D eigenvalue weighted by atomic mass is 79.9. The first-order chi connectivity index (χ1) is 9.76. The molecule has 0 heterocycles. The van der Waals surface area contributed by atoms with Crippen molar-refractivity contribution in [2.24, 2.45) is 0 Å². The van der Waals surface area contributed by atoms with Crippen LogP contribution in [0, 0.1) is 0 Å². The molecule has 0 aliphatic carbocycles. The second-order valence-electron chi connectivity index (χ2n) is 4.67. The number of rotatable bonds is 6. The summed E-state index contributed by atoms with van der Waals surface area (Å²) in [6.45, 7) is 2.74. The molecule has 0 amide bonds. The van der Waals surface area contributed by atoms with Gasteiger partial charge in [-0.2, -0.15) is 0 Å². The predicted octanol–water partition coefficient (Wildman–Crippen LogP) is 4.70. The first kappa shape index (κ1) is 15.1. The van der Waals surface area contributed by atoms with Gasteiger partial charge in [0, 0.05) is 21.6 Å². The summed E-state index contributed by atoms with van der Waals surface area (Å²) in [6, 6.07) is 16.7. The molecule has 0 saturated carbocycles. The third kappa shape index (κ3) is 3.62. The van der Waals surface area contributed by atoms with Crippen molar-refractivity contribution in [2.75, 3.05) is 7.05 Å². The average Bonchev–Trinajstić information content (AvgIpc) is 2.49. The normalized spacial score (nSPS) is 12.2. The van der Waals surface area contributed by atoms with E-state index in [1.165, 1.54) is 5.56 Å². The Balaban J connectivity index is 2.16. The van der Waals surface area contributed by atoms with E-state index in [1.54, 1.807) is 0 Å². The molecule has 2 aromatic rings. The van der Waals surface area contributed by atoms with E-state index in [1.807, 2.05) is 37.4 Å². The number of nitrogens with one attached hydrogen (secondary N) is 1.